The third kappa shape index (κ3) is 3.10. The summed E-state index contributed by atoms with van der Waals surface area (Å²) in [5.74, 6) is 0. The maximum absolute atomic E-state index is 11.8. The smallest absolute Gasteiger partial charge is 0.166 e. The summed E-state index contributed by atoms with van der Waals surface area (Å²) in [5, 5.41) is 0. The van der Waals surface area contributed by atoms with Crippen LogP contribution in [0.25, 0.3) is 0 Å². The Morgan fingerprint density at radius 3 is 1.64 bits per heavy atom. The fourth-order valence-corrected chi connectivity index (χ4v) is 0.627. The van der Waals surface area contributed by atoms with Gasteiger partial charge in [-0.1, -0.05) is 30.3 Å². The van der Waals surface area contributed by atoms with Gasteiger partial charge in [0.05, 0.1) is 5.56 Å². The summed E-state index contributed by atoms with van der Waals surface area (Å²) < 4.78 is 35.4. The molecule has 1 rings (SSSR count). The van der Waals surface area contributed by atoms with Crippen molar-refractivity contribution >= 4 is 0 Å². The van der Waals surface area contributed by atoms with Crippen molar-refractivity contribution in [2.75, 3.05) is 0 Å². The number of benzene rings is 1. The van der Waals surface area contributed by atoms with Crippen molar-refractivity contribution in [2.45, 2.75) is 6.18 Å². The molecule has 0 nitrogen and oxygen atoms in total. The normalized spacial score (nSPS) is 10.5. The van der Waals surface area contributed by atoms with Crippen LogP contribution >= 0.6 is 0 Å². The van der Waals surface area contributed by atoms with Crippen LogP contribution in [0.2, 0.25) is 0 Å². The van der Waals surface area contributed by atoms with Crippen LogP contribution in [0.15, 0.2) is 30.3 Å². The first-order chi connectivity index (χ1) is 4.61. The molecule has 0 saturated heterocycles. The SMILES string of the molecule is FC(F)(F)c1ccccc1.[Ag]. The maximum Gasteiger partial charge on any atom is 0.416 e. The first kappa shape index (κ1) is 10.8. The van der Waals surface area contributed by atoms with Crippen LogP contribution in [0.3, 0.4) is 0 Å². The summed E-state index contributed by atoms with van der Waals surface area (Å²) in [6, 6.07) is 6.36. The third-order valence-corrected chi connectivity index (χ3v) is 1.10. The number of halogens is 3. The van der Waals surface area contributed by atoms with E-state index in [1.54, 1.807) is 6.07 Å². The van der Waals surface area contributed by atoms with Crippen molar-refractivity contribution in [1.29, 1.82) is 0 Å². The third-order valence-electron chi connectivity index (χ3n) is 1.10. The molecule has 0 fully saturated rings. The fraction of sp³-hybridized carbons (Fsp3) is 0.143. The van der Waals surface area contributed by atoms with Crippen molar-refractivity contribution in [3.63, 3.8) is 0 Å². The molecule has 0 amide bonds. The van der Waals surface area contributed by atoms with Gasteiger partial charge in [-0.25, -0.2) is 0 Å². The van der Waals surface area contributed by atoms with Gasteiger partial charge in [0.1, 0.15) is 0 Å². The maximum atomic E-state index is 11.8. The van der Waals surface area contributed by atoms with E-state index < -0.39 is 11.7 Å². The standard InChI is InChI=1S/C7H5F3.Ag/c8-7(9,10)6-4-2-1-3-5-6;/h1-5H;. The van der Waals surface area contributed by atoms with E-state index in [9.17, 15) is 13.2 Å². The molecular formula is C7H5AgF3. The van der Waals surface area contributed by atoms with E-state index in [0.29, 0.717) is 0 Å². The number of alkyl halides is 3. The zero-order valence-electron chi connectivity index (χ0n) is 5.32. The van der Waals surface area contributed by atoms with Gasteiger partial charge in [0.15, 0.2) is 0 Å². The topological polar surface area (TPSA) is 0 Å². The van der Waals surface area contributed by atoms with Crippen LogP contribution < -0.4 is 0 Å². The van der Waals surface area contributed by atoms with Crippen molar-refractivity contribution in [1.82, 2.24) is 0 Å². The zero-order valence-corrected chi connectivity index (χ0v) is 6.80. The Morgan fingerprint density at radius 2 is 1.36 bits per heavy atom. The number of rotatable bonds is 0. The van der Waals surface area contributed by atoms with Gasteiger partial charge in [-0.2, -0.15) is 13.2 Å². The average Bonchev–Trinajstić information content (AvgIpc) is 1.88. The quantitative estimate of drug-likeness (QED) is 0.624. The molecule has 4 heteroatoms. The van der Waals surface area contributed by atoms with E-state index in [1.807, 2.05) is 0 Å². The van der Waals surface area contributed by atoms with Crippen LogP contribution in [0.1, 0.15) is 5.56 Å². The Labute approximate surface area is 77.9 Å². The van der Waals surface area contributed by atoms with Gasteiger partial charge in [0.2, 0.25) is 0 Å². The minimum atomic E-state index is -4.21. The fourth-order valence-electron chi connectivity index (χ4n) is 0.627. The molecule has 0 aromatic heterocycles. The molecule has 0 unspecified atom stereocenters. The molecule has 1 aromatic carbocycles. The molecule has 1 radical (unpaired) electrons. The minimum Gasteiger partial charge on any atom is -0.166 e. The Bertz CT molecular complexity index is 205. The van der Waals surface area contributed by atoms with E-state index in [-0.39, 0.29) is 22.4 Å². The van der Waals surface area contributed by atoms with E-state index in [0.717, 1.165) is 12.1 Å². The summed E-state index contributed by atoms with van der Waals surface area (Å²) in [5.41, 5.74) is -0.602. The second-order valence-electron chi connectivity index (χ2n) is 1.86. The van der Waals surface area contributed by atoms with Crippen molar-refractivity contribution in [3.8, 4) is 0 Å². The predicted molar refractivity (Wildman–Crippen MR) is 31.4 cm³/mol. The van der Waals surface area contributed by atoms with Crippen molar-refractivity contribution in [3.05, 3.63) is 35.9 Å². The first-order valence-electron chi connectivity index (χ1n) is 2.73. The Hall–Kier alpha value is -0.250. The Balaban J connectivity index is 0.000001000. The number of hydrogen-bond acceptors (Lipinski definition) is 0. The second kappa shape index (κ2) is 3.95. The molecule has 0 aliphatic heterocycles. The van der Waals surface area contributed by atoms with E-state index in [2.05, 4.69) is 0 Å². The van der Waals surface area contributed by atoms with Gasteiger partial charge in [0.25, 0.3) is 0 Å². The van der Waals surface area contributed by atoms with Crippen LogP contribution in [0.4, 0.5) is 13.2 Å². The molecule has 1 aromatic rings. The summed E-state index contributed by atoms with van der Waals surface area (Å²) in [6.07, 6.45) is -4.21. The molecule has 0 atom stereocenters. The molecule has 0 heterocycles. The molecule has 0 N–H and O–H groups in total. The molecule has 0 aliphatic carbocycles. The summed E-state index contributed by atoms with van der Waals surface area (Å²) in [4.78, 5) is 0. The van der Waals surface area contributed by atoms with Crippen molar-refractivity contribution < 1.29 is 35.6 Å². The van der Waals surface area contributed by atoms with Gasteiger partial charge in [-0.15, -0.1) is 0 Å². The molecular weight excluding hydrogens is 249 g/mol. The molecule has 65 valence electrons. The van der Waals surface area contributed by atoms with E-state index >= 15 is 0 Å². The van der Waals surface area contributed by atoms with Gasteiger partial charge >= 0.3 is 6.18 Å². The molecule has 0 bridgehead atoms. The predicted octanol–water partition coefficient (Wildman–Crippen LogP) is 2.70. The molecule has 0 aliphatic rings. The van der Waals surface area contributed by atoms with Gasteiger partial charge in [-0.3, -0.25) is 0 Å². The van der Waals surface area contributed by atoms with Crippen molar-refractivity contribution in [2.24, 2.45) is 0 Å². The molecule has 0 spiro atoms. The number of hydrogen-bond donors (Lipinski definition) is 0. The summed E-state index contributed by atoms with van der Waals surface area (Å²) in [6.45, 7) is 0. The van der Waals surface area contributed by atoms with Crippen LogP contribution in [-0.4, -0.2) is 0 Å². The van der Waals surface area contributed by atoms with Gasteiger partial charge in [-0.05, 0) is 0 Å². The zero-order chi connectivity index (χ0) is 7.61. The summed E-state index contributed by atoms with van der Waals surface area (Å²) >= 11 is 0. The van der Waals surface area contributed by atoms with Gasteiger partial charge in [0, 0.05) is 22.4 Å². The van der Waals surface area contributed by atoms with Crippen LogP contribution in [0, 0.1) is 0 Å². The van der Waals surface area contributed by atoms with Gasteiger partial charge < -0.3 is 0 Å². The molecule has 11 heavy (non-hydrogen) atoms. The molecule has 0 saturated carbocycles. The van der Waals surface area contributed by atoms with Crippen LogP contribution in [0.5, 0.6) is 0 Å². The minimum absolute atomic E-state index is 0. The van der Waals surface area contributed by atoms with Crippen LogP contribution in [-0.2, 0) is 28.6 Å². The average molecular weight is 254 g/mol. The van der Waals surface area contributed by atoms with E-state index in [4.69, 9.17) is 0 Å². The first-order valence-corrected chi connectivity index (χ1v) is 2.73. The monoisotopic (exact) mass is 253 g/mol. The second-order valence-corrected chi connectivity index (χ2v) is 1.86. The van der Waals surface area contributed by atoms with E-state index in [1.165, 1.54) is 12.1 Å². The largest absolute Gasteiger partial charge is 0.416 e. The Morgan fingerprint density at radius 1 is 0.909 bits per heavy atom. The summed E-state index contributed by atoms with van der Waals surface area (Å²) in [7, 11) is 0. The Kier molecular flexibility index (Phi) is 3.86.